The Morgan fingerprint density at radius 1 is 1.15 bits per heavy atom. The van der Waals surface area contributed by atoms with Gasteiger partial charge in [0.1, 0.15) is 12.4 Å². The quantitative estimate of drug-likeness (QED) is 0.898. The summed E-state index contributed by atoms with van der Waals surface area (Å²) >= 11 is 3.17. The van der Waals surface area contributed by atoms with E-state index >= 15 is 0 Å². The first-order valence-electron chi connectivity index (χ1n) is 6.09. The molecule has 2 aromatic rings. The van der Waals surface area contributed by atoms with Crippen molar-refractivity contribution in [3.63, 3.8) is 0 Å². The lowest BCUT2D eigenvalue weighted by Crippen LogP contribution is -2.06. The fourth-order valence-corrected chi connectivity index (χ4v) is 2.04. The summed E-state index contributed by atoms with van der Waals surface area (Å²) in [5, 5.41) is 0. The molecule has 2 rings (SSSR count). The zero-order valence-corrected chi connectivity index (χ0v) is 12.5. The van der Waals surface area contributed by atoms with Crippen molar-refractivity contribution in [3.05, 3.63) is 63.6 Å². The summed E-state index contributed by atoms with van der Waals surface area (Å²) in [4.78, 5) is 0. The van der Waals surface area contributed by atoms with E-state index in [0.717, 1.165) is 0 Å². The van der Waals surface area contributed by atoms with Crippen LogP contribution in [-0.2, 0) is 6.61 Å². The van der Waals surface area contributed by atoms with Crippen molar-refractivity contribution in [1.29, 1.82) is 0 Å². The molecule has 2 N–H and O–H groups in total. The molecule has 0 aliphatic heterocycles. The molecule has 1 atom stereocenters. The van der Waals surface area contributed by atoms with Crippen LogP contribution in [0, 0.1) is 11.6 Å². The molecule has 5 heteroatoms. The molecule has 106 valence electrons. The van der Waals surface area contributed by atoms with Gasteiger partial charge in [-0.2, -0.15) is 0 Å². The minimum absolute atomic E-state index is 0.0342. The fraction of sp³-hybridized carbons (Fsp3) is 0.200. The second-order valence-electron chi connectivity index (χ2n) is 4.50. The molecule has 0 aliphatic carbocycles. The fourth-order valence-electron chi connectivity index (χ4n) is 1.71. The molecule has 0 aromatic heterocycles. The molecule has 0 bridgehead atoms. The molecule has 20 heavy (non-hydrogen) atoms. The van der Waals surface area contributed by atoms with Crippen LogP contribution in [-0.4, -0.2) is 0 Å². The maximum atomic E-state index is 13.8. The molecule has 0 fully saturated rings. The summed E-state index contributed by atoms with van der Waals surface area (Å²) in [6.45, 7) is 1.74. The number of rotatable bonds is 4. The van der Waals surface area contributed by atoms with E-state index < -0.39 is 11.6 Å². The standard InChI is InChI=1S/C15H14BrF2NO/c1-9(19)10-3-5-15(14(18)6-10)20-8-11-2-4-12(16)7-13(11)17/h2-7,9H,8,19H2,1H3. The molecule has 0 saturated carbocycles. The van der Waals surface area contributed by atoms with Gasteiger partial charge in [-0.1, -0.05) is 28.1 Å². The van der Waals surface area contributed by atoms with E-state index in [9.17, 15) is 8.78 Å². The van der Waals surface area contributed by atoms with Crippen molar-refractivity contribution in [1.82, 2.24) is 0 Å². The summed E-state index contributed by atoms with van der Waals surface area (Å²) < 4.78 is 33.4. The Bertz CT molecular complexity index is 617. The first kappa shape index (κ1) is 14.9. The minimum atomic E-state index is -0.502. The van der Waals surface area contributed by atoms with Crippen molar-refractivity contribution >= 4 is 15.9 Å². The summed E-state index contributed by atoms with van der Waals surface area (Å²) in [6, 6.07) is 8.92. The Kier molecular flexibility index (Phi) is 4.73. The largest absolute Gasteiger partial charge is 0.486 e. The monoisotopic (exact) mass is 341 g/mol. The van der Waals surface area contributed by atoms with E-state index in [1.54, 1.807) is 25.1 Å². The van der Waals surface area contributed by atoms with Gasteiger partial charge in [-0.15, -0.1) is 0 Å². The Balaban J connectivity index is 2.11. The normalized spacial score (nSPS) is 12.2. The van der Waals surface area contributed by atoms with E-state index in [1.165, 1.54) is 18.2 Å². The Morgan fingerprint density at radius 3 is 2.50 bits per heavy atom. The Hall–Kier alpha value is -1.46. The van der Waals surface area contributed by atoms with Crippen molar-refractivity contribution in [2.45, 2.75) is 19.6 Å². The molecule has 0 heterocycles. The van der Waals surface area contributed by atoms with Crippen LogP contribution in [0.1, 0.15) is 24.1 Å². The van der Waals surface area contributed by atoms with E-state index in [2.05, 4.69) is 15.9 Å². The highest BCUT2D eigenvalue weighted by molar-refractivity contribution is 9.10. The Morgan fingerprint density at radius 2 is 1.90 bits per heavy atom. The summed E-state index contributed by atoms with van der Waals surface area (Å²) in [5.41, 5.74) is 6.72. The van der Waals surface area contributed by atoms with Crippen LogP contribution in [0.3, 0.4) is 0 Å². The highest BCUT2D eigenvalue weighted by Crippen LogP contribution is 2.23. The number of benzene rings is 2. The SMILES string of the molecule is CC(N)c1ccc(OCc2ccc(Br)cc2F)c(F)c1. The number of halogens is 3. The predicted molar refractivity (Wildman–Crippen MR) is 77.4 cm³/mol. The van der Waals surface area contributed by atoms with Gasteiger partial charge < -0.3 is 10.5 Å². The van der Waals surface area contributed by atoms with E-state index in [-0.39, 0.29) is 18.4 Å². The van der Waals surface area contributed by atoms with E-state index in [1.807, 2.05) is 0 Å². The van der Waals surface area contributed by atoms with Crippen LogP contribution < -0.4 is 10.5 Å². The third kappa shape index (κ3) is 3.55. The second-order valence-corrected chi connectivity index (χ2v) is 5.42. The molecule has 0 spiro atoms. The van der Waals surface area contributed by atoms with Gasteiger partial charge in [-0.3, -0.25) is 0 Å². The van der Waals surface area contributed by atoms with Crippen LogP contribution in [0.15, 0.2) is 40.9 Å². The van der Waals surface area contributed by atoms with E-state index in [4.69, 9.17) is 10.5 Å². The zero-order chi connectivity index (χ0) is 14.7. The molecule has 0 aliphatic rings. The van der Waals surface area contributed by atoms with Crippen LogP contribution in [0.5, 0.6) is 5.75 Å². The third-order valence-corrected chi connectivity index (χ3v) is 3.37. The van der Waals surface area contributed by atoms with Gasteiger partial charge in [0.25, 0.3) is 0 Å². The van der Waals surface area contributed by atoms with Crippen molar-refractivity contribution in [2.75, 3.05) is 0 Å². The minimum Gasteiger partial charge on any atom is -0.486 e. The van der Waals surface area contributed by atoms with Crippen LogP contribution in [0.4, 0.5) is 8.78 Å². The second kappa shape index (κ2) is 6.33. The summed E-state index contributed by atoms with van der Waals surface area (Å²) in [7, 11) is 0. The average molecular weight is 342 g/mol. The van der Waals surface area contributed by atoms with Gasteiger partial charge in [-0.05, 0) is 36.8 Å². The van der Waals surface area contributed by atoms with Gasteiger partial charge in [0.15, 0.2) is 11.6 Å². The van der Waals surface area contributed by atoms with E-state index in [0.29, 0.717) is 15.6 Å². The highest BCUT2D eigenvalue weighted by Gasteiger charge is 2.09. The summed E-state index contributed by atoms with van der Waals surface area (Å²) in [5.74, 6) is -0.818. The topological polar surface area (TPSA) is 35.2 Å². The zero-order valence-electron chi connectivity index (χ0n) is 10.9. The number of hydrogen-bond acceptors (Lipinski definition) is 2. The first-order chi connectivity index (χ1) is 9.47. The molecule has 0 radical (unpaired) electrons. The van der Waals surface area contributed by atoms with Gasteiger partial charge in [0, 0.05) is 16.1 Å². The average Bonchev–Trinajstić information content (AvgIpc) is 2.38. The molecule has 2 nitrogen and oxygen atoms in total. The molecule has 2 aromatic carbocycles. The lowest BCUT2D eigenvalue weighted by atomic mass is 10.1. The molecule has 1 unspecified atom stereocenters. The number of ether oxygens (including phenoxy) is 1. The predicted octanol–water partition coefficient (Wildman–Crippen LogP) is 4.33. The van der Waals surface area contributed by atoms with Crippen LogP contribution >= 0.6 is 15.9 Å². The van der Waals surface area contributed by atoms with Gasteiger partial charge in [-0.25, -0.2) is 8.78 Å². The summed E-state index contributed by atoms with van der Waals surface area (Å²) in [6.07, 6.45) is 0. The van der Waals surface area contributed by atoms with Crippen molar-refractivity contribution in [2.24, 2.45) is 5.73 Å². The molecular weight excluding hydrogens is 328 g/mol. The van der Waals surface area contributed by atoms with Gasteiger partial charge >= 0.3 is 0 Å². The maximum Gasteiger partial charge on any atom is 0.165 e. The molecular formula is C15H14BrF2NO. The first-order valence-corrected chi connectivity index (χ1v) is 6.88. The number of nitrogens with two attached hydrogens (primary N) is 1. The third-order valence-electron chi connectivity index (χ3n) is 2.88. The lowest BCUT2D eigenvalue weighted by Gasteiger charge is -2.11. The molecule has 0 amide bonds. The highest BCUT2D eigenvalue weighted by atomic mass is 79.9. The van der Waals surface area contributed by atoms with Crippen LogP contribution in [0.2, 0.25) is 0 Å². The van der Waals surface area contributed by atoms with Crippen molar-refractivity contribution < 1.29 is 13.5 Å². The Labute approximate surface area is 124 Å². The van der Waals surface area contributed by atoms with Gasteiger partial charge in [0.05, 0.1) is 0 Å². The number of hydrogen-bond donors (Lipinski definition) is 1. The van der Waals surface area contributed by atoms with Gasteiger partial charge in [0.2, 0.25) is 0 Å². The molecule has 0 saturated heterocycles. The van der Waals surface area contributed by atoms with Crippen molar-refractivity contribution in [3.8, 4) is 5.75 Å². The maximum absolute atomic E-state index is 13.8. The smallest absolute Gasteiger partial charge is 0.165 e. The lowest BCUT2D eigenvalue weighted by molar-refractivity contribution is 0.284. The van der Waals surface area contributed by atoms with Crippen LogP contribution in [0.25, 0.3) is 0 Å².